The molecule has 0 radical (unpaired) electrons. The molecule has 9 heteroatoms. The van der Waals surface area contributed by atoms with Gasteiger partial charge in [-0.1, -0.05) is 18.2 Å². The minimum atomic E-state index is -4.43. The predicted molar refractivity (Wildman–Crippen MR) is 130 cm³/mol. The van der Waals surface area contributed by atoms with Crippen molar-refractivity contribution in [1.82, 2.24) is 14.8 Å². The maximum atomic E-state index is 13.5. The Hall–Kier alpha value is -3.46. The highest BCUT2D eigenvalue weighted by molar-refractivity contribution is 8.00. The number of aryl methyl sites for hydroxylation is 2. The molecule has 2 aromatic heterocycles. The van der Waals surface area contributed by atoms with Gasteiger partial charge in [0.2, 0.25) is 0 Å². The molecule has 4 aromatic rings. The van der Waals surface area contributed by atoms with Gasteiger partial charge >= 0.3 is 6.18 Å². The van der Waals surface area contributed by atoms with E-state index in [2.05, 4.69) is 14.8 Å². The van der Waals surface area contributed by atoms with E-state index in [0.29, 0.717) is 24.3 Å². The lowest BCUT2D eigenvalue weighted by atomic mass is 9.83. The summed E-state index contributed by atoms with van der Waals surface area (Å²) in [5, 5.41) is 4.17. The van der Waals surface area contributed by atoms with Crippen LogP contribution in [-0.4, -0.2) is 21.4 Å². The van der Waals surface area contributed by atoms with Gasteiger partial charge in [0.15, 0.2) is 0 Å². The summed E-state index contributed by atoms with van der Waals surface area (Å²) >= 11 is 1.43. The lowest BCUT2D eigenvalue weighted by Gasteiger charge is -2.28. The third-order valence-electron chi connectivity index (χ3n) is 6.06. The number of halogens is 3. The first-order valence-electron chi connectivity index (χ1n) is 11.1. The van der Waals surface area contributed by atoms with Gasteiger partial charge in [-0.15, -0.1) is 0 Å². The first-order chi connectivity index (χ1) is 16.8. The van der Waals surface area contributed by atoms with Crippen LogP contribution in [0.15, 0.2) is 71.9 Å². The van der Waals surface area contributed by atoms with Crippen LogP contribution < -0.4 is 9.46 Å². The fourth-order valence-electron chi connectivity index (χ4n) is 4.29. The van der Waals surface area contributed by atoms with E-state index >= 15 is 0 Å². The summed E-state index contributed by atoms with van der Waals surface area (Å²) in [6, 6.07) is 15.6. The van der Waals surface area contributed by atoms with Crippen molar-refractivity contribution in [2.24, 2.45) is 7.05 Å². The summed E-state index contributed by atoms with van der Waals surface area (Å²) in [7, 11) is 1.73. The zero-order valence-corrected chi connectivity index (χ0v) is 20.0. The van der Waals surface area contributed by atoms with Crippen LogP contribution in [-0.2, 0) is 13.2 Å². The third-order valence-corrected chi connectivity index (χ3v) is 6.86. The standard InChI is InChI=1S/C26H23F3N4OS/c1-16-3-8-25(30-15-16)32-35-18-5-7-21-20(10-12-34-24(21)14-18)19-6-4-17(26(27,28)29)13-22(19)23-9-11-31-33(23)2/h3-9,11,13-15,20H,10,12H2,1-2H3,(H,30,32). The van der Waals surface area contributed by atoms with Crippen molar-refractivity contribution in [1.29, 1.82) is 0 Å². The summed E-state index contributed by atoms with van der Waals surface area (Å²) in [6.07, 6.45) is -0.365. The second-order valence-electron chi connectivity index (χ2n) is 8.45. The molecule has 1 aliphatic rings. The van der Waals surface area contributed by atoms with Crippen molar-refractivity contribution < 1.29 is 17.9 Å². The molecule has 5 rings (SSSR count). The van der Waals surface area contributed by atoms with Gasteiger partial charge in [-0.3, -0.25) is 4.68 Å². The average molecular weight is 497 g/mol. The highest BCUT2D eigenvalue weighted by Gasteiger charge is 2.33. The zero-order valence-electron chi connectivity index (χ0n) is 19.1. The van der Waals surface area contributed by atoms with Crippen molar-refractivity contribution in [3.05, 3.63) is 89.2 Å². The maximum Gasteiger partial charge on any atom is 0.416 e. The molecule has 1 N–H and O–H groups in total. The first-order valence-corrected chi connectivity index (χ1v) is 11.9. The SMILES string of the molecule is Cc1ccc(NSc2ccc3c(c2)OCCC3c2ccc(C(F)(F)F)cc2-c2ccnn2C)nc1. The van der Waals surface area contributed by atoms with E-state index in [1.54, 1.807) is 36.3 Å². The number of rotatable bonds is 5. The summed E-state index contributed by atoms with van der Waals surface area (Å²) in [5.74, 6) is 1.39. The Balaban J connectivity index is 1.48. The normalized spacial score (nSPS) is 15.4. The molecular weight excluding hydrogens is 473 g/mol. The third kappa shape index (κ3) is 4.86. The molecule has 0 aliphatic carbocycles. The van der Waals surface area contributed by atoms with E-state index < -0.39 is 11.7 Å². The van der Waals surface area contributed by atoms with E-state index in [0.717, 1.165) is 39.2 Å². The molecule has 2 aromatic carbocycles. The molecule has 0 saturated carbocycles. The van der Waals surface area contributed by atoms with Crippen LogP contribution in [0.3, 0.4) is 0 Å². The summed E-state index contributed by atoms with van der Waals surface area (Å²) in [5.41, 5.74) is 3.37. The lowest BCUT2D eigenvalue weighted by Crippen LogP contribution is -2.17. The molecule has 1 unspecified atom stereocenters. The maximum absolute atomic E-state index is 13.5. The molecule has 3 heterocycles. The van der Waals surface area contributed by atoms with E-state index in [-0.39, 0.29) is 5.92 Å². The predicted octanol–water partition coefficient (Wildman–Crippen LogP) is 6.84. The smallest absolute Gasteiger partial charge is 0.416 e. The molecule has 0 bridgehead atoms. The number of nitrogens with zero attached hydrogens (tertiary/aromatic N) is 3. The Bertz CT molecular complexity index is 1350. The number of hydrogen-bond donors (Lipinski definition) is 1. The van der Waals surface area contributed by atoms with Gasteiger partial charge in [-0.05, 0) is 72.8 Å². The van der Waals surface area contributed by atoms with Crippen molar-refractivity contribution in [3.8, 4) is 17.0 Å². The second-order valence-corrected chi connectivity index (χ2v) is 9.33. The average Bonchev–Trinajstić information content (AvgIpc) is 3.28. The van der Waals surface area contributed by atoms with Crippen molar-refractivity contribution in [2.75, 3.05) is 11.3 Å². The topological polar surface area (TPSA) is 52.0 Å². The Morgan fingerprint density at radius 3 is 2.60 bits per heavy atom. The number of aromatic nitrogens is 3. The minimum Gasteiger partial charge on any atom is -0.493 e. The van der Waals surface area contributed by atoms with Crippen LogP contribution in [0.4, 0.5) is 19.0 Å². The number of fused-ring (bicyclic) bond motifs is 1. The van der Waals surface area contributed by atoms with Crippen LogP contribution in [0.2, 0.25) is 0 Å². The van der Waals surface area contributed by atoms with Gasteiger partial charge in [-0.25, -0.2) is 4.98 Å². The summed E-state index contributed by atoms with van der Waals surface area (Å²) in [6.45, 7) is 2.46. The number of anilines is 1. The quantitative estimate of drug-likeness (QED) is 0.307. The van der Waals surface area contributed by atoms with Gasteiger partial charge in [0.25, 0.3) is 0 Å². The van der Waals surface area contributed by atoms with Crippen molar-refractivity contribution in [2.45, 2.75) is 30.3 Å². The molecule has 180 valence electrons. The summed E-state index contributed by atoms with van der Waals surface area (Å²) < 4.78 is 51.4. The van der Waals surface area contributed by atoms with Crippen molar-refractivity contribution >= 4 is 17.8 Å². The molecule has 0 fully saturated rings. The van der Waals surface area contributed by atoms with Gasteiger partial charge in [0, 0.05) is 41.4 Å². The van der Waals surface area contributed by atoms with E-state index in [1.165, 1.54) is 18.0 Å². The minimum absolute atomic E-state index is 0.100. The fraction of sp³-hybridized carbons (Fsp3) is 0.231. The number of hydrogen-bond acceptors (Lipinski definition) is 5. The van der Waals surface area contributed by atoms with Crippen LogP contribution in [0.1, 0.15) is 34.6 Å². The number of alkyl halides is 3. The molecule has 1 atom stereocenters. The monoisotopic (exact) mass is 496 g/mol. The van der Waals surface area contributed by atoms with Crippen LogP contribution >= 0.6 is 11.9 Å². The molecule has 35 heavy (non-hydrogen) atoms. The number of ether oxygens (including phenoxy) is 1. The molecule has 5 nitrogen and oxygen atoms in total. The Kier molecular flexibility index (Phi) is 6.19. The lowest BCUT2D eigenvalue weighted by molar-refractivity contribution is -0.137. The Morgan fingerprint density at radius 2 is 1.89 bits per heavy atom. The number of pyridine rings is 1. The number of nitrogens with one attached hydrogen (secondary N) is 1. The number of benzene rings is 2. The fourth-order valence-corrected chi connectivity index (χ4v) is 4.94. The molecule has 1 aliphatic heterocycles. The van der Waals surface area contributed by atoms with Crippen LogP contribution in [0, 0.1) is 6.92 Å². The van der Waals surface area contributed by atoms with E-state index in [4.69, 9.17) is 4.74 Å². The van der Waals surface area contributed by atoms with Crippen molar-refractivity contribution in [3.63, 3.8) is 0 Å². The van der Waals surface area contributed by atoms with Crippen LogP contribution in [0.25, 0.3) is 11.3 Å². The largest absolute Gasteiger partial charge is 0.493 e. The highest BCUT2D eigenvalue weighted by Crippen LogP contribution is 2.44. The Morgan fingerprint density at radius 1 is 1.06 bits per heavy atom. The second kappa shape index (κ2) is 9.30. The zero-order chi connectivity index (χ0) is 24.6. The Labute approximate surface area is 205 Å². The van der Waals surface area contributed by atoms with E-state index in [9.17, 15) is 13.2 Å². The summed E-state index contributed by atoms with van der Waals surface area (Å²) in [4.78, 5) is 5.30. The van der Waals surface area contributed by atoms with Gasteiger partial charge in [0.1, 0.15) is 11.6 Å². The first kappa shape index (κ1) is 23.3. The highest BCUT2D eigenvalue weighted by atomic mass is 32.2. The van der Waals surface area contributed by atoms with Gasteiger partial charge < -0.3 is 9.46 Å². The molecule has 0 amide bonds. The van der Waals surface area contributed by atoms with Gasteiger partial charge in [0.05, 0.1) is 17.9 Å². The molecular formula is C26H23F3N4OS. The van der Waals surface area contributed by atoms with Crippen LogP contribution in [0.5, 0.6) is 5.75 Å². The molecule has 0 spiro atoms. The van der Waals surface area contributed by atoms with E-state index in [1.807, 2.05) is 37.3 Å². The van der Waals surface area contributed by atoms with Gasteiger partial charge in [-0.2, -0.15) is 18.3 Å². The molecule has 0 saturated heterocycles.